The molecular formula is C17H13ClO3. The summed E-state index contributed by atoms with van der Waals surface area (Å²) < 4.78 is 5.41. The molecule has 3 nitrogen and oxygen atoms in total. The van der Waals surface area contributed by atoms with Gasteiger partial charge in [0, 0.05) is 10.6 Å². The average Bonchev–Trinajstić information content (AvgIpc) is 2.49. The van der Waals surface area contributed by atoms with Crippen LogP contribution in [0.25, 0.3) is 0 Å². The van der Waals surface area contributed by atoms with Gasteiger partial charge in [-0.2, -0.15) is 0 Å². The van der Waals surface area contributed by atoms with E-state index in [0.717, 1.165) is 5.56 Å². The Morgan fingerprint density at radius 2 is 1.81 bits per heavy atom. The molecule has 0 aliphatic heterocycles. The highest BCUT2D eigenvalue weighted by Crippen LogP contribution is 2.13. The van der Waals surface area contributed by atoms with E-state index < -0.39 is 12.1 Å². The molecule has 2 aromatic rings. The Balaban J connectivity index is 2.01. The van der Waals surface area contributed by atoms with Gasteiger partial charge in [-0.1, -0.05) is 41.6 Å². The van der Waals surface area contributed by atoms with Crippen molar-refractivity contribution < 1.29 is 14.6 Å². The second-order valence-electron chi connectivity index (χ2n) is 4.27. The molecule has 1 unspecified atom stereocenters. The Morgan fingerprint density at radius 1 is 1.14 bits per heavy atom. The van der Waals surface area contributed by atoms with Crippen LogP contribution in [0, 0.1) is 11.8 Å². The maximum Gasteiger partial charge on any atom is 0.345 e. The van der Waals surface area contributed by atoms with Crippen LogP contribution >= 0.6 is 11.6 Å². The van der Waals surface area contributed by atoms with Crippen LogP contribution < -0.4 is 4.74 Å². The minimum absolute atomic E-state index is 0.104. The molecule has 4 heteroatoms. The maximum absolute atomic E-state index is 11.2. The summed E-state index contributed by atoms with van der Waals surface area (Å²) in [5, 5.41) is 9.79. The van der Waals surface area contributed by atoms with Crippen LogP contribution in [-0.4, -0.2) is 17.2 Å². The zero-order valence-electron chi connectivity index (χ0n) is 11.1. The number of para-hydroxylation sites is 1. The molecule has 0 amide bonds. The standard InChI is InChI=1S/C17H13ClO3/c18-14-11-9-13(10-12-14)5-4-8-16(17(19)20)21-15-6-2-1-3-7-15/h1-3,6-7,9-12,16H,8H2,(H,19,20). The second kappa shape index (κ2) is 7.37. The van der Waals surface area contributed by atoms with Gasteiger partial charge >= 0.3 is 5.97 Å². The van der Waals surface area contributed by atoms with E-state index in [4.69, 9.17) is 21.4 Å². The van der Waals surface area contributed by atoms with Gasteiger partial charge in [-0.3, -0.25) is 0 Å². The van der Waals surface area contributed by atoms with Gasteiger partial charge in [0.15, 0.2) is 0 Å². The second-order valence-corrected chi connectivity index (χ2v) is 4.71. The Kier molecular flexibility index (Phi) is 5.25. The van der Waals surface area contributed by atoms with Crippen molar-refractivity contribution in [3.63, 3.8) is 0 Å². The predicted molar refractivity (Wildman–Crippen MR) is 81.4 cm³/mol. The van der Waals surface area contributed by atoms with E-state index in [-0.39, 0.29) is 6.42 Å². The molecule has 21 heavy (non-hydrogen) atoms. The topological polar surface area (TPSA) is 46.5 Å². The fraction of sp³-hybridized carbons (Fsp3) is 0.118. The van der Waals surface area contributed by atoms with Gasteiger partial charge in [0.1, 0.15) is 5.75 Å². The molecule has 0 radical (unpaired) electrons. The van der Waals surface area contributed by atoms with E-state index in [2.05, 4.69) is 11.8 Å². The number of hydrogen-bond donors (Lipinski definition) is 1. The highest BCUT2D eigenvalue weighted by molar-refractivity contribution is 6.30. The van der Waals surface area contributed by atoms with E-state index in [1.54, 1.807) is 48.5 Å². The summed E-state index contributed by atoms with van der Waals surface area (Å²) >= 11 is 5.78. The highest BCUT2D eigenvalue weighted by atomic mass is 35.5. The molecule has 0 spiro atoms. The van der Waals surface area contributed by atoms with Crippen molar-refractivity contribution in [3.05, 3.63) is 65.2 Å². The summed E-state index contributed by atoms with van der Waals surface area (Å²) in [6.45, 7) is 0. The average molecular weight is 301 g/mol. The molecule has 0 saturated carbocycles. The Morgan fingerprint density at radius 3 is 2.43 bits per heavy atom. The van der Waals surface area contributed by atoms with Crippen LogP contribution in [0.2, 0.25) is 5.02 Å². The molecule has 0 heterocycles. The van der Waals surface area contributed by atoms with Crippen molar-refractivity contribution in [1.82, 2.24) is 0 Å². The summed E-state index contributed by atoms with van der Waals surface area (Å²) in [5.74, 6) is 5.19. The SMILES string of the molecule is O=C(O)C(CC#Cc1ccc(Cl)cc1)Oc1ccccc1. The van der Waals surface area contributed by atoms with Crippen molar-refractivity contribution in [3.8, 4) is 17.6 Å². The minimum Gasteiger partial charge on any atom is -0.478 e. The molecule has 0 aliphatic rings. The monoisotopic (exact) mass is 300 g/mol. The van der Waals surface area contributed by atoms with Crippen molar-refractivity contribution in [1.29, 1.82) is 0 Å². The number of hydrogen-bond acceptors (Lipinski definition) is 2. The quantitative estimate of drug-likeness (QED) is 0.877. The number of halogens is 1. The number of carboxylic acids is 1. The number of carbonyl (C=O) groups is 1. The van der Waals surface area contributed by atoms with Gasteiger partial charge in [0.05, 0.1) is 6.42 Å². The Hall–Kier alpha value is -2.44. The van der Waals surface area contributed by atoms with Crippen LogP contribution in [0.3, 0.4) is 0 Å². The molecular weight excluding hydrogens is 288 g/mol. The van der Waals surface area contributed by atoms with Crippen LogP contribution in [0.5, 0.6) is 5.75 Å². The fourth-order valence-corrected chi connectivity index (χ4v) is 1.75. The van der Waals surface area contributed by atoms with Crippen LogP contribution in [0.4, 0.5) is 0 Å². The lowest BCUT2D eigenvalue weighted by Gasteiger charge is -2.12. The van der Waals surface area contributed by atoms with E-state index >= 15 is 0 Å². The molecule has 0 bridgehead atoms. The third-order valence-electron chi connectivity index (χ3n) is 2.66. The molecule has 2 rings (SSSR count). The van der Waals surface area contributed by atoms with E-state index in [1.165, 1.54) is 0 Å². The fourth-order valence-electron chi connectivity index (χ4n) is 1.62. The molecule has 106 valence electrons. The zero-order valence-corrected chi connectivity index (χ0v) is 11.9. The molecule has 0 saturated heterocycles. The summed E-state index contributed by atoms with van der Waals surface area (Å²) in [6, 6.07) is 15.9. The van der Waals surface area contributed by atoms with Gasteiger partial charge in [0.25, 0.3) is 0 Å². The lowest BCUT2D eigenvalue weighted by atomic mass is 10.2. The summed E-state index contributed by atoms with van der Waals surface area (Å²) in [5.41, 5.74) is 0.781. The van der Waals surface area contributed by atoms with E-state index in [1.807, 2.05) is 6.07 Å². The van der Waals surface area contributed by atoms with Gasteiger partial charge in [0.2, 0.25) is 6.10 Å². The first-order valence-corrected chi connectivity index (χ1v) is 6.72. The molecule has 1 N–H and O–H groups in total. The normalized spacial score (nSPS) is 11.1. The summed E-state index contributed by atoms with van der Waals surface area (Å²) in [4.78, 5) is 11.2. The first kappa shape index (κ1) is 15.0. The molecule has 1 atom stereocenters. The van der Waals surface area contributed by atoms with Crippen LogP contribution in [0.1, 0.15) is 12.0 Å². The number of rotatable bonds is 4. The minimum atomic E-state index is -1.04. The van der Waals surface area contributed by atoms with E-state index in [9.17, 15) is 4.79 Å². The van der Waals surface area contributed by atoms with Gasteiger partial charge < -0.3 is 9.84 Å². The Labute approximate surface area is 128 Å². The smallest absolute Gasteiger partial charge is 0.345 e. The summed E-state index contributed by atoms with van der Waals surface area (Å²) in [7, 11) is 0. The zero-order chi connectivity index (χ0) is 15.1. The van der Waals surface area contributed by atoms with Crippen molar-refractivity contribution in [2.45, 2.75) is 12.5 Å². The third kappa shape index (κ3) is 4.87. The highest BCUT2D eigenvalue weighted by Gasteiger charge is 2.17. The molecule has 2 aromatic carbocycles. The molecule has 0 aromatic heterocycles. The summed E-state index contributed by atoms with van der Waals surface area (Å²) in [6.07, 6.45) is -0.889. The predicted octanol–water partition coefficient (Wildman–Crippen LogP) is 3.61. The Bertz CT molecular complexity index is 654. The number of carboxylic acid groups (broad SMARTS) is 1. The van der Waals surface area contributed by atoms with Crippen molar-refractivity contribution in [2.24, 2.45) is 0 Å². The molecule has 0 aliphatic carbocycles. The van der Waals surface area contributed by atoms with E-state index in [0.29, 0.717) is 10.8 Å². The maximum atomic E-state index is 11.2. The van der Waals surface area contributed by atoms with Gasteiger partial charge in [-0.15, -0.1) is 0 Å². The van der Waals surface area contributed by atoms with Gasteiger partial charge in [-0.25, -0.2) is 4.79 Å². The lowest BCUT2D eigenvalue weighted by molar-refractivity contribution is -0.144. The first-order chi connectivity index (χ1) is 10.1. The van der Waals surface area contributed by atoms with Crippen LogP contribution in [0.15, 0.2) is 54.6 Å². The number of benzene rings is 2. The van der Waals surface area contributed by atoms with Gasteiger partial charge in [-0.05, 0) is 36.4 Å². The molecule has 0 fully saturated rings. The van der Waals surface area contributed by atoms with Crippen molar-refractivity contribution >= 4 is 17.6 Å². The van der Waals surface area contributed by atoms with Crippen LogP contribution in [-0.2, 0) is 4.79 Å². The van der Waals surface area contributed by atoms with Crippen molar-refractivity contribution in [2.75, 3.05) is 0 Å². The number of ether oxygens (including phenoxy) is 1. The first-order valence-electron chi connectivity index (χ1n) is 6.34. The lowest BCUT2D eigenvalue weighted by Crippen LogP contribution is -2.26. The number of aliphatic carboxylic acids is 1. The third-order valence-corrected chi connectivity index (χ3v) is 2.91. The largest absolute Gasteiger partial charge is 0.478 e.